The number of hydrogen-bond acceptors (Lipinski definition) is 2. The molecule has 4 N–H and O–H groups in total. The van der Waals surface area contributed by atoms with Crippen molar-refractivity contribution in [1.29, 1.82) is 0 Å². The van der Waals surface area contributed by atoms with Crippen LogP contribution in [0.2, 0.25) is 10.0 Å². The maximum absolute atomic E-state index is 11.9. The Morgan fingerprint density at radius 1 is 1.26 bits per heavy atom. The average molecular weight is 305 g/mol. The van der Waals surface area contributed by atoms with Gasteiger partial charge in [0.15, 0.2) is 12.6 Å². The molecule has 0 radical (unpaired) electrons. The van der Waals surface area contributed by atoms with E-state index in [4.69, 9.17) is 23.2 Å². The molecular weight excluding hydrogens is 289 g/mol. The van der Waals surface area contributed by atoms with Gasteiger partial charge in [0.2, 0.25) is 0 Å². The Labute approximate surface area is 121 Å². The summed E-state index contributed by atoms with van der Waals surface area (Å²) < 4.78 is 0. The van der Waals surface area contributed by atoms with Crippen molar-refractivity contribution in [3.05, 3.63) is 28.2 Å². The molecule has 0 unspecified atom stereocenters. The molecule has 0 saturated heterocycles. The van der Waals surface area contributed by atoms with Crippen molar-refractivity contribution in [2.45, 2.75) is 13.0 Å². The lowest BCUT2D eigenvalue weighted by atomic mass is 10.2. The fourth-order valence-corrected chi connectivity index (χ4v) is 1.90. The van der Waals surface area contributed by atoms with E-state index in [9.17, 15) is 9.59 Å². The molecule has 1 atom stereocenters. The quantitative estimate of drug-likeness (QED) is 0.746. The summed E-state index contributed by atoms with van der Waals surface area (Å²) in [6.07, 6.45) is 0. The minimum absolute atomic E-state index is 0.134. The van der Waals surface area contributed by atoms with E-state index in [-0.39, 0.29) is 18.4 Å². The van der Waals surface area contributed by atoms with Gasteiger partial charge in [-0.1, -0.05) is 23.2 Å². The molecule has 1 aromatic rings. The first-order valence-corrected chi connectivity index (χ1v) is 6.49. The minimum atomic E-state index is -0.393. The predicted molar refractivity (Wildman–Crippen MR) is 75.4 cm³/mol. The van der Waals surface area contributed by atoms with Crippen LogP contribution in [0, 0.1) is 0 Å². The number of nitrogens with two attached hydrogens (primary N) is 1. The van der Waals surface area contributed by atoms with E-state index < -0.39 is 6.04 Å². The fraction of sp³-hybridized carbons (Fsp3) is 0.333. The maximum atomic E-state index is 11.9. The van der Waals surface area contributed by atoms with E-state index in [1.807, 2.05) is 0 Å². The molecule has 0 heterocycles. The van der Waals surface area contributed by atoms with Crippen molar-refractivity contribution in [3.8, 4) is 0 Å². The number of carbonyl (C=O) groups is 2. The molecule has 19 heavy (non-hydrogen) atoms. The van der Waals surface area contributed by atoms with E-state index in [1.54, 1.807) is 37.5 Å². The van der Waals surface area contributed by atoms with Crippen LogP contribution in [0.3, 0.4) is 0 Å². The highest BCUT2D eigenvalue weighted by molar-refractivity contribution is 6.35. The second-order valence-corrected chi connectivity index (χ2v) is 4.92. The topological polar surface area (TPSA) is 74.8 Å². The molecule has 1 aromatic carbocycles. The zero-order valence-corrected chi connectivity index (χ0v) is 12.2. The van der Waals surface area contributed by atoms with Crippen LogP contribution in [0.4, 0.5) is 5.69 Å². The monoisotopic (exact) mass is 304 g/mol. The van der Waals surface area contributed by atoms with Crippen LogP contribution in [0.15, 0.2) is 18.2 Å². The number of amides is 2. The number of hydrogen-bond donors (Lipinski definition) is 3. The number of rotatable bonds is 5. The highest BCUT2D eigenvalue weighted by atomic mass is 35.5. The molecule has 0 aliphatic rings. The fourth-order valence-electron chi connectivity index (χ4n) is 1.38. The summed E-state index contributed by atoms with van der Waals surface area (Å²) in [6.45, 7) is 1.91. The lowest BCUT2D eigenvalue weighted by molar-refractivity contribution is -0.662. The van der Waals surface area contributed by atoms with Crippen LogP contribution in [0.5, 0.6) is 0 Å². The molecule has 5 nitrogen and oxygen atoms in total. The van der Waals surface area contributed by atoms with E-state index in [0.717, 1.165) is 0 Å². The first kappa shape index (κ1) is 15.8. The smallest absolute Gasteiger partial charge is 0.282 e. The average Bonchev–Trinajstić information content (AvgIpc) is 2.33. The van der Waals surface area contributed by atoms with E-state index in [2.05, 4.69) is 10.6 Å². The molecule has 0 aliphatic heterocycles. The number of carbonyl (C=O) groups excluding carboxylic acids is 2. The van der Waals surface area contributed by atoms with E-state index >= 15 is 0 Å². The summed E-state index contributed by atoms with van der Waals surface area (Å²) in [4.78, 5) is 23.0. The van der Waals surface area contributed by atoms with Gasteiger partial charge in [-0.15, -0.1) is 0 Å². The van der Waals surface area contributed by atoms with Crippen molar-refractivity contribution in [3.63, 3.8) is 0 Å². The van der Waals surface area contributed by atoms with E-state index in [1.165, 1.54) is 0 Å². The van der Waals surface area contributed by atoms with Crippen LogP contribution in [-0.4, -0.2) is 31.4 Å². The van der Waals surface area contributed by atoms with Crippen molar-refractivity contribution in [2.75, 3.05) is 18.9 Å². The predicted octanol–water partition coefficient (Wildman–Crippen LogP) is 0.630. The lowest BCUT2D eigenvalue weighted by Crippen LogP contribution is -2.93. The summed E-state index contributed by atoms with van der Waals surface area (Å²) in [6, 6.07) is 4.41. The maximum Gasteiger partial charge on any atom is 0.282 e. The highest BCUT2D eigenvalue weighted by Gasteiger charge is 2.17. The Balaban J connectivity index is 2.56. The molecule has 0 aliphatic carbocycles. The van der Waals surface area contributed by atoms with Gasteiger partial charge in [0.05, 0.1) is 0 Å². The molecule has 0 spiro atoms. The SMILES string of the molecule is CNC(=O)C[NH2+][C@@H](C)C(=O)Nc1cc(Cl)cc(Cl)c1. The van der Waals surface area contributed by atoms with Gasteiger partial charge in [0, 0.05) is 22.8 Å². The number of halogens is 2. The molecule has 7 heteroatoms. The largest absolute Gasteiger partial charge is 0.354 e. The molecule has 0 aromatic heterocycles. The number of quaternary nitrogens is 1. The van der Waals surface area contributed by atoms with Gasteiger partial charge in [0.25, 0.3) is 11.8 Å². The third-order valence-corrected chi connectivity index (χ3v) is 2.92. The lowest BCUT2D eigenvalue weighted by Gasteiger charge is -2.11. The van der Waals surface area contributed by atoms with Crippen LogP contribution in [-0.2, 0) is 9.59 Å². The standard InChI is InChI=1S/C12H15Cl2N3O2/c1-7(16-6-11(18)15-2)12(19)17-10-4-8(13)3-9(14)5-10/h3-5,7,16H,6H2,1-2H3,(H,15,18)(H,17,19)/p+1/t7-/m0/s1. The summed E-state index contributed by atoms with van der Waals surface area (Å²) >= 11 is 11.7. The third kappa shape index (κ3) is 5.46. The zero-order valence-electron chi connectivity index (χ0n) is 10.7. The Hall–Kier alpha value is -1.30. The van der Waals surface area contributed by atoms with Gasteiger partial charge in [-0.2, -0.15) is 0 Å². The highest BCUT2D eigenvalue weighted by Crippen LogP contribution is 2.22. The second-order valence-electron chi connectivity index (χ2n) is 4.05. The van der Waals surface area contributed by atoms with Crippen molar-refractivity contribution < 1.29 is 14.9 Å². The molecule has 104 valence electrons. The van der Waals surface area contributed by atoms with Gasteiger partial charge in [0.1, 0.15) is 0 Å². The summed E-state index contributed by atoms with van der Waals surface area (Å²) in [7, 11) is 1.55. The van der Waals surface area contributed by atoms with Gasteiger partial charge >= 0.3 is 0 Å². The molecule has 1 rings (SSSR count). The van der Waals surface area contributed by atoms with Crippen molar-refractivity contribution in [2.24, 2.45) is 0 Å². The third-order valence-electron chi connectivity index (χ3n) is 2.48. The number of anilines is 1. The Kier molecular flexibility index (Phi) is 6.08. The van der Waals surface area contributed by atoms with Gasteiger partial charge in [-0.25, -0.2) is 0 Å². The Morgan fingerprint density at radius 2 is 1.84 bits per heavy atom. The van der Waals surface area contributed by atoms with Gasteiger partial charge in [-0.3, -0.25) is 9.59 Å². The summed E-state index contributed by atoms with van der Waals surface area (Å²) in [5.74, 6) is -0.354. The minimum Gasteiger partial charge on any atom is -0.354 e. The first-order chi connectivity index (χ1) is 8.92. The molecule has 0 bridgehead atoms. The van der Waals surface area contributed by atoms with Gasteiger partial charge in [-0.05, 0) is 25.1 Å². The second kappa shape index (κ2) is 7.33. The Bertz CT molecular complexity index is 460. The van der Waals surface area contributed by atoms with Crippen molar-refractivity contribution in [1.82, 2.24) is 5.32 Å². The van der Waals surface area contributed by atoms with Crippen LogP contribution in [0.1, 0.15) is 6.92 Å². The van der Waals surface area contributed by atoms with Crippen LogP contribution >= 0.6 is 23.2 Å². The molecule has 0 saturated carbocycles. The Morgan fingerprint density at radius 3 is 2.37 bits per heavy atom. The molecule has 2 amide bonds. The zero-order chi connectivity index (χ0) is 14.4. The van der Waals surface area contributed by atoms with E-state index in [0.29, 0.717) is 15.7 Å². The normalized spacial score (nSPS) is 11.8. The van der Waals surface area contributed by atoms with Gasteiger partial charge < -0.3 is 16.0 Å². The van der Waals surface area contributed by atoms with Crippen LogP contribution < -0.4 is 16.0 Å². The first-order valence-electron chi connectivity index (χ1n) is 5.73. The molecule has 0 fully saturated rings. The molecular formula is C12H16Cl2N3O2+. The number of likely N-dealkylation sites (N-methyl/N-ethyl adjacent to an activating group) is 1. The number of benzene rings is 1. The summed E-state index contributed by atoms with van der Waals surface area (Å²) in [5.41, 5.74) is 0.530. The number of nitrogens with one attached hydrogen (secondary N) is 2. The van der Waals surface area contributed by atoms with Crippen molar-refractivity contribution >= 4 is 40.7 Å². The van der Waals surface area contributed by atoms with Crippen LogP contribution in [0.25, 0.3) is 0 Å². The summed E-state index contributed by atoms with van der Waals surface area (Å²) in [5, 5.41) is 7.72.